The monoisotopic (exact) mass is 298 g/mol. The zero-order valence-electron chi connectivity index (χ0n) is 14.5. The maximum absolute atomic E-state index is 6.51. The van der Waals surface area contributed by atoms with E-state index in [9.17, 15) is 0 Å². The van der Waals surface area contributed by atoms with E-state index in [2.05, 4.69) is 52.8 Å². The van der Waals surface area contributed by atoms with Gasteiger partial charge in [-0.15, -0.1) is 0 Å². The van der Waals surface area contributed by atoms with Gasteiger partial charge in [0.05, 0.1) is 11.7 Å². The lowest BCUT2D eigenvalue weighted by molar-refractivity contribution is -0.199. The van der Waals surface area contributed by atoms with Gasteiger partial charge in [0.25, 0.3) is 0 Å². The number of benzene rings is 1. The van der Waals surface area contributed by atoms with Crippen LogP contribution in [0.5, 0.6) is 0 Å². The molecule has 1 heterocycles. The van der Waals surface area contributed by atoms with E-state index in [1.807, 2.05) is 0 Å². The van der Waals surface area contributed by atoms with Crippen molar-refractivity contribution in [2.24, 2.45) is 17.3 Å². The van der Waals surface area contributed by atoms with E-state index in [-0.39, 0.29) is 12.7 Å². The summed E-state index contributed by atoms with van der Waals surface area (Å²) in [7, 11) is -0.0773. The first-order valence-corrected chi connectivity index (χ1v) is 8.70. The topological polar surface area (TPSA) is 18.5 Å². The summed E-state index contributed by atoms with van der Waals surface area (Å²) in [6, 6.07) is 6.66. The van der Waals surface area contributed by atoms with Gasteiger partial charge in [-0.05, 0) is 62.0 Å². The van der Waals surface area contributed by atoms with Crippen molar-refractivity contribution >= 4 is 7.12 Å². The van der Waals surface area contributed by atoms with Crippen LogP contribution in [0.4, 0.5) is 0 Å². The highest BCUT2D eigenvalue weighted by molar-refractivity contribution is 6.44. The maximum Gasteiger partial charge on any atom is 0.462 e. The van der Waals surface area contributed by atoms with E-state index in [4.69, 9.17) is 9.31 Å². The predicted molar refractivity (Wildman–Crippen MR) is 89.7 cm³/mol. The molecule has 0 radical (unpaired) electrons. The van der Waals surface area contributed by atoms with Crippen molar-refractivity contribution < 1.29 is 9.31 Å². The van der Waals surface area contributed by atoms with Crippen LogP contribution in [0, 0.1) is 31.1 Å². The minimum absolute atomic E-state index is 0.0773. The summed E-state index contributed by atoms with van der Waals surface area (Å²) in [6.45, 7) is 11.4. The Bertz CT molecular complexity index is 611. The van der Waals surface area contributed by atoms with Crippen molar-refractivity contribution in [1.82, 2.24) is 0 Å². The van der Waals surface area contributed by atoms with Gasteiger partial charge in [-0.3, -0.25) is 0 Å². The Labute approximate surface area is 134 Å². The van der Waals surface area contributed by atoms with Crippen molar-refractivity contribution in [3.63, 3.8) is 0 Å². The van der Waals surface area contributed by atoms with Crippen LogP contribution in [0.25, 0.3) is 0 Å². The summed E-state index contributed by atoms with van der Waals surface area (Å²) in [5.41, 5.74) is 4.35. The van der Waals surface area contributed by atoms with Crippen LogP contribution in [-0.2, 0) is 15.6 Å². The molecule has 1 aromatic rings. The quantitative estimate of drug-likeness (QED) is 0.765. The largest absolute Gasteiger partial charge is 0.462 e. The Balaban J connectivity index is 1.53. The molecule has 4 unspecified atom stereocenters. The molecule has 0 aromatic heterocycles. The van der Waals surface area contributed by atoms with E-state index in [1.54, 1.807) is 0 Å². The van der Waals surface area contributed by atoms with Crippen molar-refractivity contribution in [2.75, 3.05) is 0 Å². The second kappa shape index (κ2) is 4.61. The van der Waals surface area contributed by atoms with Gasteiger partial charge in [-0.25, -0.2) is 0 Å². The molecule has 22 heavy (non-hydrogen) atoms. The predicted octanol–water partition coefficient (Wildman–Crippen LogP) is 4.11. The fourth-order valence-electron chi connectivity index (χ4n) is 5.29. The van der Waals surface area contributed by atoms with E-state index in [1.165, 1.54) is 29.5 Å². The molecule has 2 bridgehead atoms. The molecule has 1 saturated heterocycles. The van der Waals surface area contributed by atoms with Crippen molar-refractivity contribution in [1.29, 1.82) is 0 Å². The van der Waals surface area contributed by atoms with Crippen LogP contribution in [0.15, 0.2) is 18.2 Å². The molecule has 0 N–H and O–H groups in total. The lowest BCUT2D eigenvalue weighted by Crippen LogP contribution is -2.65. The van der Waals surface area contributed by atoms with Crippen LogP contribution in [0.2, 0.25) is 0 Å². The molecule has 3 heteroatoms. The summed E-state index contributed by atoms with van der Waals surface area (Å²) in [4.78, 5) is 0. The first-order valence-electron chi connectivity index (χ1n) is 8.70. The third-order valence-corrected chi connectivity index (χ3v) is 6.89. The second-order valence-electron chi connectivity index (χ2n) is 8.53. The highest BCUT2D eigenvalue weighted by Crippen LogP contribution is 2.65. The summed E-state index contributed by atoms with van der Waals surface area (Å²) in [5.74, 6) is 1.46. The molecule has 118 valence electrons. The van der Waals surface area contributed by atoms with E-state index < -0.39 is 0 Å². The minimum atomic E-state index is -0.0818. The average molecular weight is 298 g/mol. The van der Waals surface area contributed by atoms with Gasteiger partial charge in [-0.1, -0.05) is 37.6 Å². The molecule has 4 aliphatic rings. The van der Waals surface area contributed by atoms with Gasteiger partial charge in [0.15, 0.2) is 0 Å². The Kier molecular flexibility index (Phi) is 3.10. The molecular weight excluding hydrogens is 271 g/mol. The first kappa shape index (κ1) is 14.8. The van der Waals surface area contributed by atoms with Crippen LogP contribution < -0.4 is 0 Å². The lowest BCUT2D eigenvalue weighted by atomic mass is 9.43. The third kappa shape index (κ3) is 1.95. The van der Waals surface area contributed by atoms with Gasteiger partial charge < -0.3 is 9.31 Å². The molecule has 4 atom stereocenters. The van der Waals surface area contributed by atoms with Gasteiger partial charge >= 0.3 is 7.12 Å². The molecule has 0 spiro atoms. The van der Waals surface area contributed by atoms with Gasteiger partial charge in [0, 0.05) is 6.32 Å². The zero-order chi connectivity index (χ0) is 15.7. The standard InChI is InChI=1S/C19H27BO2/c1-12-6-7-14(13(2)8-12)11-20-21-17-10-15-9-16(18(15,3)4)19(17,5)22-20/h6-8,15-17H,9-11H2,1-5H3. The SMILES string of the molecule is Cc1ccc(CB2OC3CC4CC(C4(C)C)C3(C)O2)c(C)c1. The van der Waals surface area contributed by atoms with E-state index in [0.29, 0.717) is 17.4 Å². The van der Waals surface area contributed by atoms with E-state index in [0.717, 1.165) is 12.2 Å². The van der Waals surface area contributed by atoms with Gasteiger partial charge in [0.2, 0.25) is 0 Å². The molecule has 5 rings (SSSR count). The molecule has 3 saturated carbocycles. The second-order valence-corrected chi connectivity index (χ2v) is 8.53. The first-order chi connectivity index (χ1) is 10.3. The van der Waals surface area contributed by atoms with Crippen molar-refractivity contribution in [3.8, 4) is 0 Å². The molecule has 0 amide bonds. The lowest BCUT2D eigenvalue weighted by Gasteiger charge is -2.64. The number of aryl methyl sites for hydroxylation is 2. The highest BCUT2D eigenvalue weighted by atomic mass is 16.7. The molecule has 3 aliphatic carbocycles. The Morgan fingerprint density at radius 2 is 1.95 bits per heavy atom. The third-order valence-electron chi connectivity index (χ3n) is 6.89. The summed E-state index contributed by atoms with van der Waals surface area (Å²) in [5, 5.41) is 0. The molecule has 1 aliphatic heterocycles. The van der Waals surface area contributed by atoms with Crippen LogP contribution in [0.1, 0.15) is 50.3 Å². The number of hydrogen-bond donors (Lipinski definition) is 0. The maximum atomic E-state index is 6.51. The summed E-state index contributed by atoms with van der Waals surface area (Å²) >= 11 is 0. The van der Waals surface area contributed by atoms with Gasteiger partial charge in [-0.2, -0.15) is 0 Å². The normalized spacial score (nSPS) is 38.6. The highest BCUT2D eigenvalue weighted by Gasteiger charge is 2.67. The zero-order valence-corrected chi connectivity index (χ0v) is 14.5. The Morgan fingerprint density at radius 1 is 1.18 bits per heavy atom. The van der Waals surface area contributed by atoms with Crippen LogP contribution >= 0.6 is 0 Å². The summed E-state index contributed by atoms with van der Waals surface area (Å²) in [6.07, 6.45) is 3.65. The van der Waals surface area contributed by atoms with Crippen LogP contribution in [0.3, 0.4) is 0 Å². The average Bonchev–Trinajstić information content (AvgIpc) is 2.77. The summed E-state index contributed by atoms with van der Waals surface area (Å²) < 4.78 is 12.8. The number of hydrogen-bond acceptors (Lipinski definition) is 2. The molecule has 2 nitrogen and oxygen atoms in total. The Hall–Kier alpha value is -0.795. The fourth-order valence-corrected chi connectivity index (χ4v) is 5.29. The molecule has 1 aromatic carbocycles. The van der Waals surface area contributed by atoms with Gasteiger partial charge in [0.1, 0.15) is 0 Å². The fraction of sp³-hybridized carbons (Fsp3) is 0.684. The van der Waals surface area contributed by atoms with E-state index >= 15 is 0 Å². The molecule has 4 fully saturated rings. The van der Waals surface area contributed by atoms with Crippen molar-refractivity contribution in [2.45, 2.75) is 65.5 Å². The van der Waals surface area contributed by atoms with Crippen LogP contribution in [-0.4, -0.2) is 18.8 Å². The van der Waals surface area contributed by atoms with Crippen molar-refractivity contribution in [3.05, 3.63) is 34.9 Å². The molecular formula is C19H27BO2. The minimum Gasteiger partial charge on any atom is -0.405 e. The number of rotatable bonds is 2. The smallest absolute Gasteiger partial charge is 0.405 e. The Morgan fingerprint density at radius 3 is 2.64 bits per heavy atom.